The molecule has 0 aromatic rings. The second-order valence-corrected chi connectivity index (χ2v) is 0. The quantitative estimate of drug-likeness (QED) is 0.291. The second-order valence-electron chi connectivity index (χ2n) is 0. The fraction of sp³-hybridized carbons (Fsp3) is 0. The van der Waals surface area contributed by atoms with Gasteiger partial charge < -0.3 is 0 Å². The van der Waals surface area contributed by atoms with Crippen molar-refractivity contribution in [3.63, 3.8) is 0 Å². The summed E-state index contributed by atoms with van der Waals surface area (Å²) in [7, 11) is 0. The number of hydrogen-bond acceptors (Lipinski definition) is 0. The SMILES string of the molecule is [K].[U].[U].[U].[U].[U].[U].[U].[U].[U].[U].[U].[U].[U].[U].[U].[U].[U].[U].[U].[U].[U].[U].[U].[U].[U].[U].[U].[U].[U].[U].[U].[U].[U].[U].[U].[U].[U].[U].[U].[U].[U].[U].[U].[U].[U].[U].[U].[U].[U].[U].[U].[U].[U].[U].[U].[U].[U].[U].[U].[U].[U].[U].[U].[U].[U].[U].[U].[U].[U].[U].[U].[U].[U].[U].[U].[U].[U].[U].[U].[U].[U].[U].[U].[U].[U].[U].[U].[U].[U].[U].[U].[U].[U].[U].[U].[U].[U].[U].[U].[U].[U].[U].[U].[U].[U].[U].[U].[U].[U].[U].[U].[U].[U].[U].[U].[U].[U].[U].[U].[U].[U].[U].[U].[U].[U].[U].[U].[U].[U].[U].[U].[U].[U].[U].[U]. The molecule has 0 aliphatic heterocycles. The summed E-state index contributed by atoms with van der Waals surface area (Å²) in [5.74, 6) is 0. The molecule has 0 spiro atoms. The van der Waals surface area contributed by atoms with Gasteiger partial charge in [0.2, 0.25) is 0 Å². The van der Waals surface area contributed by atoms with E-state index in [1.807, 2.05) is 0 Å². The van der Waals surface area contributed by atoms with E-state index in [9.17, 15) is 0 Å². The van der Waals surface area contributed by atoms with E-state index in [4.69, 9.17) is 0 Å². The van der Waals surface area contributed by atoms with Gasteiger partial charge in [0.25, 0.3) is 0 Å². The van der Waals surface area contributed by atoms with Crippen LogP contribution < -0.4 is 0 Å². The topological polar surface area (TPSA) is 0 Å². The first kappa shape index (κ1) is 1050. The van der Waals surface area contributed by atoms with Crippen LogP contribution in [0.5, 0.6) is 0 Å². The summed E-state index contributed by atoms with van der Waals surface area (Å²) in [6, 6.07) is 0. The summed E-state index contributed by atoms with van der Waals surface area (Å²) in [5, 5.41) is 0. The monoisotopic (exact) mass is 32200 g/mol. The van der Waals surface area contributed by atoms with Crippen molar-refractivity contribution in [3.8, 4) is 0 Å². The first-order chi connectivity index (χ1) is 0. The molecule has 0 aromatic heterocycles. The smallest absolute Gasteiger partial charge is 0 e. The van der Waals surface area contributed by atoms with E-state index in [1.165, 1.54) is 0 Å². The Morgan fingerprint density at radius 2 is 0.0147 bits per heavy atom. The van der Waals surface area contributed by atoms with Crippen molar-refractivity contribution < 1.29 is 4200 Å². The van der Waals surface area contributed by atoms with Crippen molar-refractivity contribution in [3.05, 3.63) is 0 Å². The van der Waals surface area contributed by atoms with Crippen LogP contribution in [0.3, 0.4) is 0 Å². The second kappa shape index (κ2) is 1040. The minimum absolute atomic E-state index is 0. The Morgan fingerprint density at radius 1 is 0.0147 bits per heavy atom. The van der Waals surface area contributed by atoms with Gasteiger partial charge in [-0.3, -0.25) is 0 Å². The predicted octanol–water partition coefficient (Wildman–Crippen LogP) is -0.381. The summed E-state index contributed by atoms with van der Waals surface area (Å²) in [6.07, 6.45) is 0. The Morgan fingerprint density at radius 3 is 0.0147 bits per heavy atom. The number of rotatable bonds is 0. The molecule has 541 valence electrons. The normalized spacial score (nSPS) is 0. The van der Waals surface area contributed by atoms with Crippen LogP contribution in [0, 0.1) is 4200 Å². The van der Waals surface area contributed by atoms with Gasteiger partial charge in [0.1, 0.15) is 0 Å². The third-order valence-electron chi connectivity index (χ3n) is 0. The van der Waals surface area contributed by atoms with Crippen molar-refractivity contribution in [1.82, 2.24) is 0 Å². The molecule has 0 aliphatic rings. The van der Waals surface area contributed by atoms with Gasteiger partial charge in [0, 0.05) is 4250 Å². The molecule has 0 bridgehead atoms. The van der Waals surface area contributed by atoms with E-state index < -0.39 is 0 Å². The summed E-state index contributed by atoms with van der Waals surface area (Å²) in [4.78, 5) is 0. The third-order valence-corrected chi connectivity index (χ3v) is 0. The average Bonchev–Trinajstić information content (AvgIpc) is 0. The maximum Gasteiger partial charge on any atom is 0 e. The van der Waals surface area contributed by atoms with Crippen molar-refractivity contribution in [2.45, 2.75) is 0 Å². The first-order valence-electron chi connectivity index (χ1n) is 0. The summed E-state index contributed by atoms with van der Waals surface area (Å²) < 4.78 is 0. The minimum Gasteiger partial charge on any atom is 0 e. The van der Waals surface area contributed by atoms with Gasteiger partial charge in [-0.1, -0.05) is 0 Å². The minimum atomic E-state index is 0. The van der Waals surface area contributed by atoms with Gasteiger partial charge in [-0.2, -0.15) is 0 Å². The third kappa shape index (κ3) is 1030. The molecule has 0 N–H and O–H groups in total. The average molecular weight is 32200 g/mol. The van der Waals surface area contributed by atoms with Gasteiger partial charge in [-0.25, -0.2) is 0 Å². The Balaban J connectivity index is 0. The molecule has 0 fully saturated rings. The summed E-state index contributed by atoms with van der Waals surface area (Å²) in [6.45, 7) is 0. The molecule has 136 heavy (non-hydrogen) atoms. The van der Waals surface area contributed by atoms with Gasteiger partial charge in [-0.15, -0.1) is 0 Å². The first-order valence-corrected chi connectivity index (χ1v) is 0. The molecule has 136 heteroatoms. The summed E-state index contributed by atoms with van der Waals surface area (Å²) in [5.41, 5.74) is 0. The van der Waals surface area contributed by atoms with Crippen molar-refractivity contribution in [2.75, 3.05) is 0 Å². The van der Waals surface area contributed by atoms with Crippen LogP contribution >= 0.6 is 0 Å². The number of hydrogen-bond donors (Lipinski definition) is 0. The summed E-state index contributed by atoms with van der Waals surface area (Å²) >= 11 is 0. The van der Waals surface area contributed by atoms with Crippen LogP contribution in [0.1, 0.15) is 0 Å². The molecule has 0 saturated carbocycles. The molecule has 0 aliphatic carbocycles. The van der Waals surface area contributed by atoms with Crippen LogP contribution in [0.15, 0.2) is 0 Å². The Hall–Kier alpha value is 144. The molecule has 0 heterocycles. The zero-order chi connectivity index (χ0) is 0. The zero-order valence-electron chi connectivity index (χ0n) is 68.5. The van der Waals surface area contributed by atoms with Crippen LogP contribution in [-0.2, 0) is 0 Å². The Kier molecular flexibility index (Phi) is 8050. The molecule has 0 aromatic carbocycles. The van der Waals surface area contributed by atoms with Crippen LogP contribution in [0.25, 0.3) is 0 Å². The van der Waals surface area contributed by atoms with Crippen molar-refractivity contribution in [1.29, 1.82) is 0 Å². The van der Waals surface area contributed by atoms with Gasteiger partial charge in [0.05, 0.1) is 0 Å². The predicted molar refractivity (Wildman–Crippen MR) is 5.75 cm³/mol. The molecule has 0 nitrogen and oxygen atoms in total. The molecule has 0 rings (SSSR count). The van der Waals surface area contributed by atoms with E-state index >= 15 is 0 Å². The molecule has 0 unspecified atom stereocenters. The van der Waals surface area contributed by atoms with E-state index in [0.29, 0.717) is 0 Å². The maximum atomic E-state index is 0. The molecular formula is KU135. The van der Waals surface area contributed by atoms with E-state index in [1.54, 1.807) is 0 Å². The van der Waals surface area contributed by atoms with Gasteiger partial charge in [-0.05, 0) is 0 Å². The maximum absolute atomic E-state index is 0. The van der Waals surface area contributed by atoms with Crippen LogP contribution in [-0.4, -0.2) is 51.4 Å². The molecule has 0 amide bonds. The fourth-order valence-electron chi connectivity index (χ4n) is 0. The van der Waals surface area contributed by atoms with Crippen LogP contribution in [0.4, 0.5) is 0 Å². The van der Waals surface area contributed by atoms with E-state index in [0.717, 1.165) is 0 Å². The van der Waals surface area contributed by atoms with Crippen LogP contribution in [0.2, 0.25) is 0 Å². The molecule has 0 atom stereocenters. The van der Waals surface area contributed by atoms with E-state index in [2.05, 4.69) is 0 Å². The Labute approximate surface area is 4080 Å². The molecular weight excluding hydrogens is 32200 g/mol. The van der Waals surface area contributed by atoms with E-state index in [-0.39, 0.29) is 4250 Å². The van der Waals surface area contributed by atoms with Crippen molar-refractivity contribution in [2.24, 2.45) is 0 Å². The zero-order valence-corrected chi connectivity index (χ0v) is 634. The largest absolute Gasteiger partial charge is 0 e. The Bertz CT molecular complexity index is 8.52. The fourth-order valence-corrected chi connectivity index (χ4v) is 0. The van der Waals surface area contributed by atoms with Crippen molar-refractivity contribution >= 4 is 51.4 Å². The van der Waals surface area contributed by atoms with Gasteiger partial charge >= 0.3 is 0 Å². The molecule has 0 saturated heterocycles. The molecule has 1 radical (unpaired) electrons. The van der Waals surface area contributed by atoms with Gasteiger partial charge in [0.15, 0.2) is 0 Å². The standard InChI is InChI=1S/K.135U.